The summed E-state index contributed by atoms with van der Waals surface area (Å²) in [6.45, 7) is 0.190. The van der Waals surface area contributed by atoms with Crippen molar-refractivity contribution in [3.05, 3.63) is 28.8 Å². The number of halogens is 1. The molecule has 20 heavy (non-hydrogen) atoms. The number of hydrogen-bond donors (Lipinski definition) is 2. The highest BCUT2D eigenvalue weighted by atomic mass is 35.5. The van der Waals surface area contributed by atoms with Crippen LogP contribution in [-0.2, 0) is 16.6 Å². The van der Waals surface area contributed by atoms with Gasteiger partial charge < -0.3 is 10.8 Å². The maximum atomic E-state index is 12.6. The molecule has 0 atom stereocenters. The number of rotatable bonds is 6. The van der Waals surface area contributed by atoms with Crippen molar-refractivity contribution in [1.29, 1.82) is 0 Å². The molecule has 5 nitrogen and oxygen atoms in total. The predicted molar refractivity (Wildman–Crippen MR) is 78.0 cm³/mol. The highest BCUT2D eigenvalue weighted by Gasteiger charge is 2.34. The number of benzene rings is 1. The van der Waals surface area contributed by atoms with Crippen molar-refractivity contribution in [2.24, 2.45) is 5.73 Å². The Morgan fingerprint density at radius 3 is 2.55 bits per heavy atom. The van der Waals surface area contributed by atoms with Gasteiger partial charge in [-0.2, -0.15) is 4.31 Å². The minimum absolute atomic E-state index is 0.0138. The lowest BCUT2D eigenvalue weighted by atomic mass is 9.93. The van der Waals surface area contributed by atoms with Crippen LogP contribution in [0.3, 0.4) is 0 Å². The first-order valence-electron chi connectivity index (χ1n) is 6.62. The summed E-state index contributed by atoms with van der Waals surface area (Å²) in [7, 11) is -3.62. The van der Waals surface area contributed by atoms with Crippen LogP contribution in [0.15, 0.2) is 23.1 Å². The molecule has 0 heterocycles. The molecule has 112 valence electrons. The monoisotopic (exact) mass is 318 g/mol. The predicted octanol–water partition coefficient (Wildman–Crippen LogP) is 1.33. The molecule has 0 aliphatic heterocycles. The van der Waals surface area contributed by atoms with Crippen molar-refractivity contribution < 1.29 is 13.5 Å². The Balaban J connectivity index is 2.34. The van der Waals surface area contributed by atoms with Gasteiger partial charge in [0.2, 0.25) is 10.0 Å². The Hall–Kier alpha value is -0.660. The van der Waals surface area contributed by atoms with Gasteiger partial charge in [0.05, 0.1) is 11.5 Å². The molecular formula is C13H19ClN2O3S. The van der Waals surface area contributed by atoms with Gasteiger partial charge in [0.1, 0.15) is 0 Å². The fourth-order valence-corrected chi connectivity index (χ4v) is 4.29. The minimum atomic E-state index is -3.62. The van der Waals surface area contributed by atoms with Crippen LogP contribution in [0.25, 0.3) is 0 Å². The highest BCUT2D eigenvalue weighted by Crippen LogP contribution is 2.31. The van der Waals surface area contributed by atoms with Gasteiger partial charge in [0, 0.05) is 24.2 Å². The zero-order valence-corrected chi connectivity index (χ0v) is 12.7. The number of hydrogen-bond acceptors (Lipinski definition) is 4. The second kappa shape index (κ2) is 6.41. The van der Waals surface area contributed by atoms with E-state index in [9.17, 15) is 8.42 Å². The molecule has 0 spiro atoms. The molecule has 0 bridgehead atoms. The van der Waals surface area contributed by atoms with Crippen LogP contribution >= 0.6 is 11.6 Å². The fourth-order valence-electron chi connectivity index (χ4n) is 2.26. The number of nitrogens with two attached hydrogens (primary N) is 1. The first-order chi connectivity index (χ1) is 9.50. The summed E-state index contributed by atoms with van der Waals surface area (Å²) in [6, 6.07) is 4.57. The SMILES string of the molecule is NCc1ccc(S(=O)(=O)N(CCO)C2CCC2)cc1Cl. The molecule has 1 aliphatic rings. The van der Waals surface area contributed by atoms with Crippen molar-refractivity contribution in [3.63, 3.8) is 0 Å². The number of nitrogens with zero attached hydrogens (tertiary/aromatic N) is 1. The Labute approximate surface area is 124 Å². The lowest BCUT2D eigenvalue weighted by Crippen LogP contribution is -2.45. The molecule has 1 aromatic rings. The molecule has 0 saturated heterocycles. The van der Waals surface area contributed by atoms with Gasteiger partial charge in [0.25, 0.3) is 0 Å². The second-order valence-corrected chi connectivity index (χ2v) is 7.18. The van der Waals surface area contributed by atoms with Gasteiger partial charge in [-0.3, -0.25) is 0 Å². The molecule has 3 N–H and O–H groups in total. The van der Waals surface area contributed by atoms with E-state index < -0.39 is 10.0 Å². The molecule has 7 heteroatoms. The Morgan fingerprint density at radius 1 is 1.40 bits per heavy atom. The van der Waals surface area contributed by atoms with E-state index in [0.29, 0.717) is 10.6 Å². The van der Waals surface area contributed by atoms with Gasteiger partial charge in [0.15, 0.2) is 0 Å². The van der Waals surface area contributed by atoms with Crippen LogP contribution in [0.5, 0.6) is 0 Å². The van der Waals surface area contributed by atoms with Crippen LogP contribution < -0.4 is 5.73 Å². The summed E-state index contributed by atoms with van der Waals surface area (Å²) in [5.41, 5.74) is 6.23. The zero-order valence-electron chi connectivity index (χ0n) is 11.1. The topological polar surface area (TPSA) is 83.6 Å². The third-order valence-electron chi connectivity index (χ3n) is 3.65. The van der Waals surface area contributed by atoms with Crippen molar-refractivity contribution in [1.82, 2.24) is 4.31 Å². The quantitative estimate of drug-likeness (QED) is 0.829. The maximum Gasteiger partial charge on any atom is 0.243 e. The summed E-state index contributed by atoms with van der Waals surface area (Å²) in [5, 5.41) is 9.46. The van der Waals surface area contributed by atoms with Crippen LogP contribution in [0.1, 0.15) is 24.8 Å². The first-order valence-corrected chi connectivity index (χ1v) is 8.43. The number of aliphatic hydroxyl groups is 1. The molecule has 1 aliphatic carbocycles. The fraction of sp³-hybridized carbons (Fsp3) is 0.538. The van der Waals surface area contributed by atoms with Gasteiger partial charge in [-0.25, -0.2) is 8.42 Å². The average molecular weight is 319 g/mol. The molecule has 0 unspecified atom stereocenters. The lowest BCUT2D eigenvalue weighted by molar-refractivity contribution is 0.178. The first kappa shape index (κ1) is 15.7. The van der Waals surface area contributed by atoms with E-state index in [-0.39, 0.29) is 30.6 Å². The van der Waals surface area contributed by atoms with Crippen LogP contribution in [0.4, 0.5) is 0 Å². The Kier molecular flexibility index (Phi) is 5.04. The summed E-state index contributed by atoms with van der Waals surface area (Å²) >= 11 is 6.03. The molecule has 1 aromatic carbocycles. The minimum Gasteiger partial charge on any atom is -0.395 e. The molecule has 1 saturated carbocycles. The number of aliphatic hydroxyl groups excluding tert-OH is 1. The van der Waals surface area contributed by atoms with Crippen molar-refractivity contribution >= 4 is 21.6 Å². The van der Waals surface area contributed by atoms with Gasteiger partial charge >= 0.3 is 0 Å². The molecule has 2 rings (SSSR count). The van der Waals surface area contributed by atoms with E-state index in [4.69, 9.17) is 22.4 Å². The maximum absolute atomic E-state index is 12.6. The molecule has 0 radical (unpaired) electrons. The zero-order chi connectivity index (χ0) is 14.8. The summed E-state index contributed by atoms with van der Waals surface area (Å²) in [4.78, 5) is 0.153. The molecular weight excluding hydrogens is 300 g/mol. The molecule has 1 fully saturated rings. The van der Waals surface area contributed by atoms with E-state index in [1.807, 2.05) is 0 Å². The van der Waals surface area contributed by atoms with E-state index in [1.54, 1.807) is 6.07 Å². The standard InChI is InChI=1S/C13H19ClN2O3S/c14-13-8-12(5-4-10(13)9-15)20(18,19)16(6-7-17)11-2-1-3-11/h4-5,8,11,17H,1-3,6-7,9,15H2. The van der Waals surface area contributed by atoms with E-state index in [1.165, 1.54) is 16.4 Å². The molecule has 0 amide bonds. The Bertz CT molecular complexity index is 573. The highest BCUT2D eigenvalue weighted by molar-refractivity contribution is 7.89. The summed E-state index contributed by atoms with van der Waals surface area (Å²) < 4.78 is 26.6. The van der Waals surface area contributed by atoms with Crippen LogP contribution in [0, 0.1) is 0 Å². The largest absolute Gasteiger partial charge is 0.395 e. The normalized spacial score (nSPS) is 16.4. The van der Waals surface area contributed by atoms with Crippen molar-refractivity contribution in [3.8, 4) is 0 Å². The summed E-state index contributed by atoms with van der Waals surface area (Å²) in [6.07, 6.45) is 2.71. The van der Waals surface area contributed by atoms with Gasteiger partial charge in [-0.1, -0.05) is 24.1 Å². The summed E-state index contributed by atoms with van der Waals surface area (Å²) in [5.74, 6) is 0. The van der Waals surface area contributed by atoms with E-state index in [2.05, 4.69) is 0 Å². The lowest BCUT2D eigenvalue weighted by Gasteiger charge is -2.36. The Morgan fingerprint density at radius 2 is 2.10 bits per heavy atom. The molecule has 0 aromatic heterocycles. The van der Waals surface area contributed by atoms with Crippen LogP contribution in [-0.4, -0.2) is 37.0 Å². The third-order valence-corrected chi connectivity index (χ3v) is 5.95. The van der Waals surface area contributed by atoms with E-state index >= 15 is 0 Å². The smallest absolute Gasteiger partial charge is 0.243 e. The van der Waals surface area contributed by atoms with Gasteiger partial charge in [-0.15, -0.1) is 0 Å². The van der Waals surface area contributed by atoms with Crippen LogP contribution in [0.2, 0.25) is 5.02 Å². The van der Waals surface area contributed by atoms with Crippen molar-refractivity contribution in [2.45, 2.75) is 36.7 Å². The third kappa shape index (κ3) is 2.99. The van der Waals surface area contributed by atoms with Crippen molar-refractivity contribution in [2.75, 3.05) is 13.2 Å². The second-order valence-electron chi connectivity index (χ2n) is 4.88. The number of sulfonamides is 1. The van der Waals surface area contributed by atoms with E-state index in [0.717, 1.165) is 19.3 Å². The van der Waals surface area contributed by atoms with Gasteiger partial charge in [-0.05, 0) is 30.5 Å². The average Bonchev–Trinajstić information content (AvgIpc) is 2.36.